The summed E-state index contributed by atoms with van der Waals surface area (Å²) in [6, 6.07) is 8.19. The fourth-order valence-corrected chi connectivity index (χ4v) is 6.52. The Labute approximate surface area is 154 Å². The van der Waals surface area contributed by atoms with Gasteiger partial charge in [-0.3, -0.25) is 4.79 Å². The second-order valence-corrected chi connectivity index (χ2v) is 9.10. The Balaban J connectivity index is 1.26. The summed E-state index contributed by atoms with van der Waals surface area (Å²) in [6.45, 7) is 2.04. The SMILES string of the molecule is Cc1[nH]c2ccccc2c1/C=N/NC(=O)CC12CC3CC(CC(C3)C1)C2. The monoisotopic (exact) mass is 349 g/mol. The molecule has 2 aromatic rings. The number of nitrogens with one attached hydrogen (secondary N) is 2. The molecule has 26 heavy (non-hydrogen) atoms. The highest BCUT2D eigenvalue weighted by molar-refractivity contribution is 6.00. The minimum atomic E-state index is 0.0840. The molecule has 4 fully saturated rings. The molecule has 1 aromatic carbocycles. The molecule has 4 aliphatic rings. The van der Waals surface area contributed by atoms with Gasteiger partial charge in [-0.2, -0.15) is 5.10 Å². The lowest BCUT2D eigenvalue weighted by molar-refractivity contribution is -0.129. The van der Waals surface area contributed by atoms with Crippen LogP contribution in [0.25, 0.3) is 10.9 Å². The number of aromatic nitrogens is 1. The molecule has 0 saturated heterocycles. The van der Waals surface area contributed by atoms with Gasteiger partial charge in [-0.1, -0.05) is 18.2 Å². The van der Waals surface area contributed by atoms with Gasteiger partial charge in [0, 0.05) is 28.6 Å². The van der Waals surface area contributed by atoms with E-state index in [1.54, 1.807) is 6.21 Å². The van der Waals surface area contributed by atoms with E-state index in [0.717, 1.165) is 39.9 Å². The van der Waals surface area contributed by atoms with Crippen LogP contribution in [0.15, 0.2) is 29.4 Å². The Morgan fingerprint density at radius 1 is 1.19 bits per heavy atom. The standard InChI is InChI=1S/C22H27N3O/c1-14-19(18-4-2-3-5-20(18)24-14)13-23-25-21(26)12-22-9-15-6-16(10-22)8-17(7-15)11-22/h2-5,13,15-17,24H,6-12H2,1H3,(H,25,26)/b23-13+. The zero-order chi connectivity index (χ0) is 17.7. The van der Waals surface area contributed by atoms with Crippen molar-refractivity contribution < 1.29 is 4.79 Å². The summed E-state index contributed by atoms with van der Waals surface area (Å²) in [5.41, 5.74) is 6.30. The molecule has 2 N–H and O–H groups in total. The highest BCUT2D eigenvalue weighted by Crippen LogP contribution is 2.61. The number of fused-ring (bicyclic) bond motifs is 1. The Bertz CT molecular complexity index is 843. The van der Waals surface area contributed by atoms with Crippen molar-refractivity contribution in [1.82, 2.24) is 10.4 Å². The van der Waals surface area contributed by atoms with Gasteiger partial charge in [0.15, 0.2) is 0 Å². The largest absolute Gasteiger partial charge is 0.358 e. The third-order valence-corrected chi connectivity index (χ3v) is 7.03. The van der Waals surface area contributed by atoms with Crippen LogP contribution in [-0.2, 0) is 4.79 Å². The summed E-state index contributed by atoms with van der Waals surface area (Å²) in [7, 11) is 0. The number of hydrogen-bond donors (Lipinski definition) is 2. The normalized spacial score (nSPS) is 32.6. The first-order chi connectivity index (χ1) is 12.6. The molecule has 0 atom stereocenters. The third-order valence-electron chi connectivity index (χ3n) is 7.03. The maximum absolute atomic E-state index is 12.6. The predicted molar refractivity (Wildman–Crippen MR) is 104 cm³/mol. The summed E-state index contributed by atoms with van der Waals surface area (Å²) in [5.74, 6) is 2.73. The third kappa shape index (κ3) is 2.76. The topological polar surface area (TPSA) is 57.2 Å². The van der Waals surface area contributed by atoms with Crippen LogP contribution in [0.3, 0.4) is 0 Å². The number of aromatic amines is 1. The highest BCUT2D eigenvalue weighted by atomic mass is 16.2. The number of para-hydroxylation sites is 1. The summed E-state index contributed by atoms with van der Waals surface area (Å²) in [6.07, 6.45) is 10.5. The van der Waals surface area contributed by atoms with Crippen molar-refractivity contribution in [1.29, 1.82) is 0 Å². The van der Waals surface area contributed by atoms with Crippen molar-refractivity contribution in [2.75, 3.05) is 0 Å². The minimum absolute atomic E-state index is 0.0840. The average Bonchev–Trinajstić information content (AvgIpc) is 2.89. The Morgan fingerprint density at radius 3 is 2.54 bits per heavy atom. The predicted octanol–water partition coefficient (Wildman–Crippen LogP) is 4.53. The zero-order valence-electron chi connectivity index (χ0n) is 15.4. The molecule has 0 radical (unpaired) electrons. The Kier molecular flexibility index (Phi) is 3.70. The number of amides is 1. The number of rotatable bonds is 4. The van der Waals surface area contributed by atoms with Crippen LogP contribution in [0.1, 0.15) is 56.2 Å². The van der Waals surface area contributed by atoms with Crippen LogP contribution >= 0.6 is 0 Å². The number of H-pyrrole nitrogens is 1. The number of hydrogen-bond acceptors (Lipinski definition) is 2. The Morgan fingerprint density at radius 2 is 1.85 bits per heavy atom. The van der Waals surface area contributed by atoms with Gasteiger partial charge in [-0.15, -0.1) is 0 Å². The molecule has 0 unspecified atom stereocenters. The van der Waals surface area contributed by atoms with Crippen molar-refractivity contribution in [3.8, 4) is 0 Å². The van der Waals surface area contributed by atoms with Gasteiger partial charge in [0.25, 0.3) is 0 Å². The van der Waals surface area contributed by atoms with E-state index in [0.29, 0.717) is 6.42 Å². The molecule has 6 rings (SSSR count). The number of carbonyl (C=O) groups excluding carboxylic acids is 1. The zero-order valence-corrected chi connectivity index (χ0v) is 15.4. The first kappa shape index (κ1) is 16.1. The van der Waals surface area contributed by atoms with Crippen molar-refractivity contribution in [3.63, 3.8) is 0 Å². The van der Waals surface area contributed by atoms with Gasteiger partial charge in [0.1, 0.15) is 0 Å². The van der Waals surface area contributed by atoms with Crippen LogP contribution in [0.4, 0.5) is 0 Å². The molecule has 1 heterocycles. The van der Waals surface area contributed by atoms with E-state index in [9.17, 15) is 4.79 Å². The summed E-state index contributed by atoms with van der Waals surface area (Å²) in [4.78, 5) is 15.9. The lowest BCUT2D eigenvalue weighted by Gasteiger charge is -2.56. The molecule has 4 saturated carbocycles. The molecule has 1 amide bonds. The molecule has 0 spiro atoms. The van der Waals surface area contributed by atoms with Crippen molar-refractivity contribution in [3.05, 3.63) is 35.5 Å². The fraction of sp³-hybridized carbons (Fsp3) is 0.545. The van der Waals surface area contributed by atoms with Gasteiger partial charge in [-0.25, -0.2) is 5.43 Å². The lowest BCUT2D eigenvalue weighted by Crippen LogP contribution is -2.47. The van der Waals surface area contributed by atoms with E-state index >= 15 is 0 Å². The maximum Gasteiger partial charge on any atom is 0.240 e. The van der Waals surface area contributed by atoms with Crippen molar-refractivity contribution in [2.45, 2.75) is 51.9 Å². The van der Waals surface area contributed by atoms with Gasteiger partial charge < -0.3 is 4.98 Å². The minimum Gasteiger partial charge on any atom is -0.358 e. The van der Waals surface area contributed by atoms with Crippen molar-refractivity contribution in [2.24, 2.45) is 28.3 Å². The number of aryl methyl sites for hydroxylation is 1. The van der Waals surface area contributed by atoms with Gasteiger partial charge >= 0.3 is 0 Å². The first-order valence-electron chi connectivity index (χ1n) is 9.99. The number of carbonyl (C=O) groups is 1. The molecule has 136 valence electrons. The van der Waals surface area contributed by atoms with Crippen LogP contribution in [0.2, 0.25) is 0 Å². The molecule has 4 heteroatoms. The van der Waals surface area contributed by atoms with E-state index in [2.05, 4.69) is 27.6 Å². The van der Waals surface area contributed by atoms with Crippen LogP contribution in [0, 0.1) is 30.1 Å². The van der Waals surface area contributed by atoms with E-state index in [1.165, 1.54) is 38.5 Å². The quantitative estimate of drug-likeness (QED) is 0.618. The van der Waals surface area contributed by atoms with E-state index in [4.69, 9.17) is 0 Å². The lowest BCUT2D eigenvalue weighted by atomic mass is 9.49. The summed E-state index contributed by atoms with van der Waals surface area (Å²) in [5, 5.41) is 5.42. The van der Waals surface area contributed by atoms with Gasteiger partial charge in [-0.05, 0) is 74.7 Å². The fourth-order valence-electron chi connectivity index (χ4n) is 6.52. The van der Waals surface area contributed by atoms with Crippen molar-refractivity contribution >= 4 is 23.0 Å². The molecule has 4 nitrogen and oxygen atoms in total. The van der Waals surface area contributed by atoms with Gasteiger partial charge in [0.05, 0.1) is 6.21 Å². The van der Waals surface area contributed by atoms with Crippen LogP contribution in [-0.4, -0.2) is 17.1 Å². The molecular formula is C22H27N3O. The summed E-state index contributed by atoms with van der Waals surface area (Å²) >= 11 is 0. The number of hydrazone groups is 1. The number of benzene rings is 1. The first-order valence-corrected chi connectivity index (χ1v) is 9.99. The molecule has 4 aliphatic carbocycles. The highest BCUT2D eigenvalue weighted by Gasteiger charge is 2.51. The van der Waals surface area contributed by atoms with E-state index in [-0.39, 0.29) is 11.3 Å². The average molecular weight is 349 g/mol. The second kappa shape index (κ2) is 5.97. The summed E-state index contributed by atoms with van der Waals surface area (Å²) < 4.78 is 0. The number of nitrogens with zero attached hydrogens (tertiary/aromatic N) is 1. The molecular weight excluding hydrogens is 322 g/mol. The maximum atomic E-state index is 12.6. The smallest absolute Gasteiger partial charge is 0.240 e. The molecule has 1 aromatic heterocycles. The van der Waals surface area contributed by atoms with E-state index < -0.39 is 0 Å². The van der Waals surface area contributed by atoms with Crippen LogP contribution < -0.4 is 5.43 Å². The molecule has 4 bridgehead atoms. The second-order valence-electron chi connectivity index (χ2n) is 9.10. The van der Waals surface area contributed by atoms with E-state index in [1.807, 2.05) is 19.1 Å². The molecule has 0 aliphatic heterocycles. The Hall–Kier alpha value is -2.10. The van der Waals surface area contributed by atoms with Crippen LogP contribution in [0.5, 0.6) is 0 Å². The van der Waals surface area contributed by atoms with Gasteiger partial charge in [0.2, 0.25) is 5.91 Å².